The number of anilines is 1. The summed E-state index contributed by atoms with van der Waals surface area (Å²) in [4.78, 5) is 11.4. The summed E-state index contributed by atoms with van der Waals surface area (Å²) in [5.41, 5.74) is 0.808. The summed E-state index contributed by atoms with van der Waals surface area (Å²) in [6, 6.07) is 7.46. The fraction of sp³-hybridized carbons (Fsp3) is 0.533. The van der Waals surface area contributed by atoms with Crippen molar-refractivity contribution < 1.29 is 14.3 Å². The lowest BCUT2D eigenvalue weighted by Crippen LogP contribution is -2.16. The molecule has 0 spiro atoms. The van der Waals surface area contributed by atoms with Crippen molar-refractivity contribution in [2.45, 2.75) is 38.7 Å². The van der Waals surface area contributed by atoms with Gasteiger partial charge in [0.2, 0.25) is 5.91 Å². The van der Waals surface area contributed by atoms with E-state index < -0.39 is 0 Å². The van der Waals surface area contributed by atoms with Crippen molar-refractivity contribution in [3.05, 3.63) is 24.3 Å². The molecule has 4 nitrogen and oxygen atoms in total. The molecule has 1 N–H and O–H groups in total. The molecule has 0 bridgehead atoms. The Balaban J connectivity index is 1.78. The average molecular weight is 263 g/mol. The lowest BCUT2D eigenvalue weighted by molar-refractivity contribution is -0.116. The molecule has 1 amide bonds. The lowest BCUT2D eigenvalue weighted by Gasteiger charge is -2.12. The number of hydrogen-bond donors (Lipinski definition) is 1. The Morgan fingerprint density at radius 1 is 1.42 bits per heavy atom. The highest BCUT2D eigenvalue weighted by Crippen LogP contribution is 2.18. The fourth-order valence-corrected chi connectivity index (χ4v) is 2.05. The van der Waals surface area contributed by atoms with Gasteiger partial charge >= 0.3 is 0 Å². The van der Waals surface area contributed by atoms with E-state index in [1.807, 2.05) is 31.2 Å². The molecule has 0 saturated carbocycles. The Hall–Kier alpha value is -1.55. The molecule has 0 aliphatic carbocycles. The molecule has 19 heavy (non-hydrogen) atoms. The maximum Gasteiger partial charge on any atom is 0.224 e. The van der Waals surface area contributed by atoms with Crippen LogP contribution in [0.5, 0.6) is 5.75 Å². The standard InChI is InChI=1S/C15H21NO3/c1-2-4-15(17)16-12-6-8-13(9-7-12)19-11-14-5-3-10-18-14/h6-9,14H,2-5,10-11H2,1H3,(H,16,17)/t14-/m0/s1. The summed E-state index contributed by atoms with van der Waals surface area (Å²) < 4.78 is 11.2. The third kappa shape index (κ3) is 4.56. The van der Waals surface area contributed by atoms with Crippen LogP contribution in [0.2, 0.25) is 0 Å². The molecule has 1 aromatic carbocycles. The van der Waals surface area contributed by atoms with Gasteiger partial charge in [-0.3, -0.25) is 4.79 Å². The first-order valence-corrected chi connectivity index (χ1v) is 6.92. The minimum atomic E-state index is 0.0514. The van der Waals surface area contributed by atoms with Gasteiger partial charge in [0, 0.05) is 18.7 Å². The Morgan fingerprint density at radius 3 is 2.84 bits per heavy atom. The molecule has 1 fully saturated rings. The maximum absolute atomic E-state index is 11.4. The summed E-state index contributed by atoms with van der Waals surface area (Å²) in [6.07, 6.45) is 3.83. The summed E-state index contributed by atoms with van der Waals surface area (Å²) in [6.45, 7) is 3.43. The van der Waals surface area contributed by atoms with Gasteiger partial charge in [0.25, 0.3) is 0 Å². The van der Waals surface area contributed by atoms with Gasteiger partial charge in [0.05, 0.1) is 6.10 Å². The minimum absolute atomic E-state index is 0.0514. The molecule has 0 unspecified atom stereocenters. The van der Waals surface area contributed by atoms with Gasteiger partial charge in [-0.2, -0.15) is 0 Å². The van der Waals surface area contributed by atoms with Gasteiger partial charge in [-0.05, 0) is 43.5 Å². The van der Waals surface area contributed by atoms with Gasteiger partial charge in [0.1, 0.15) is 12.4 Å². The molecular weight excluding hydrogens is 242 g/mol. The van der Waals surface area contributed by atoms with E-state index in [9.17, 15) is 4.79 Å². The Kier molecular flexibility index (Phi) is 5.21. The molecular formula is C15H21NO3. The van der Waals surface area contributed by atoms with Gasteiger partial charge in [-0.15, -0.1) is 0 Å². The van der Waals surface area contributed by atoms with Crippen LogP contribution < -0.4 is 10.1 Å². The molecule has 1 saturated heterocycles. The zero-order valence-corrected chi connectivity index (χ0v) is 11.4. The number of amides is 1. The van der Waals surface area contributed by atoms with Crippen molar-refractivity contribution in [3.63, 3.8) is 0 Å². The first-order valence-electron chi connectivity index (χ1n) is 6.92. The van der Waals surface area contributed by atoms with Crippen molar-refractivity contribution in [2.24, 2.45) is 0 Å². The predicted octanol–water partition coefficient (Wildman–Crippen LogP) is 2.98. The Labute approximate surface area is 114 Å². The highest BCUT2D eigenvalue weighted by Gasteiger charge is 2.15. The molecule has 1 atom stereocenters. The molecule has 2 rings (SSSR count). The minimum Gasteiger partial charge on any atom is -0.491 e. The second kappa shape index (κ2) is 7.14. The van der Waals surface area contributed by atoms with Crippen LogP contribution in [0, 0.1) is 0 Å². The monoisotopic (exact) mass is 263 g/mol. The molecule has 4 heteroatoms. The van der Waals surface area contributed by atoms with Crippen molar-refractivity contribution in [2.75, 3.05) is 18.5 Å². The normalized spacial score (nSPS) is 18.3. The van der Waals surface area contributed by atoms with E-state index in [4.69, 9.17) is 9.47 Å². The predicted molar refractivity (Wildman–Crippen MR) is 74.4 cm³/mol. The van der Waals surface area contributed by atoms with E-state index in [2.05, 4.69) is 5.32 Å². The van der Waals surface area contributed by atoms with Crippen LogP contribution in [0.1, 0.15) is 32.6 Å². The van der Waals surface area contributed by atoms with Crippen molar-refractivity contribution >= 4 is 11.6 Å². The molecule has 1 heterocycles. The van der Waals surface area contributed by atoms with Crippen molar-refractivity contribution in [3.8, 4) is 5.75 Å². The molecule has 0 aromatic heterocycles. The average Bonchev–Trinajstić information content (AvgIpc) is 2.91. The highest BCUT2D eigenvalue weighted by atomic mass is 16.5. The number of ether oxygens (including phenoxy) is 2. The van der Waals surface area contributed by atoms with Gasteiger partial charge in [-0.1, -0.05) is 6.92 Å². The van der Waals surface area contributed by atoms with Gasteiger partial charge < -0.3 is 14.8 Å². The van der Waals surface area contributed by atoms with Gasteiger partial charge in [0.15, 0.2) is 0 Å². The molecule has 1 aliphatic heterocycles. The number of nitrogens with one attached hydrogen (secondary N) is 1. The van der Waals surface area contributed by atoms with Crippen LogP contribution in [-0.4, -0.2) is 25.2 Å². The first-order chi connectivity index (χ1) is 9.28. The number of benzene rings is 1. The van der Waals surface area contributed by atoms with Crippen LogP contribution in [0.25, 0.3) is 0 Å². The van der Waals surface area contributed by atoms with E-state index >= 15 is 0 Å². The maximum atomic E-state index is 11.4. The van der Waals surface area contributed by atoms with E-state index in [0.717, 1.165) is 37.3 Å². The van der Waals surface area contributed by atoms with Crippen LogP contribution in [-0.2, 0) is 9.53 Å². The number of carbonyl (C=O) groups excluding carboxylic acids is 1. The topological polar surface area (TPSA) is 47.6 Å². The molecule has 104 valence electrons. The third-order valence-electron chi connectivity index (χ3n) is 3.08. The third-order valence-corrected chi connectivity index (χ3v) is 3.08. The van der Waals surface area contributed by atoms with Crippen LogP contribution in [0.15, 0.2) is 24.3 Å². The van der Waals surface area contributed by atoms with Gasteiger partial charge in [-0.25, -0.2) is 0 Å². The molecule has 0 radical (unpaired) electrons. The lowest BCUT2D eigenvalue weighted by atomic mass is 10.2. The van der Waals surface area contributed by atoms with Crippen LogP contribution in [0.4, 0.5) is 5.69 Å². The molecule has 1 aromatic rings. The smallest absolute Gasteiger partial charge is 0.224 e. The summed E-state index contributed by atoms with van der Waals surface area (Å²) in [5.74, 6) is 0.861. The van der Waals surface area contributed by atoms with Crippen LogP contribution in [0.3, 0.4) is 0 Å². The summed E-state index contributed by atoms with van der Waals surface area (Å²) >= 11 is 0. The largest absolute Gasteiger partial charge is 0.491 e. The quantitative estimate of drug-likeness (QED) is 0.858. The second-order valence-corrected chi connectivity index (χ2v) is 4.77. The molecule has 1 aliphatic rings. The summed E-state index contributed by atoms with van der Waals surface area (Å²) in [5, 5.41) is 2.85. The SMILES string of the molecule is CCCC(=O)Nc1ccc(OC[C@@H]2CCCO2)cc1. The number of carbonyl (C=O) groups is 1. The van der Waals surface area contributed by atoms with Crippen LogP contribution >= 0.6 is 0 Å². The van der Waals surface area contributed by atoms with E-state index in [0.29, 0.717) is 13.0 Å². The Bertz CT molecular complexity index is 396. The van der Waals surface area contributed by atoms with Crippen molar-refractivity contribution in [1.82, 2.24) is 0 Å². The first kappa shape index (κ1) is 13.9. The highest BCUT2D eigenvalue weighted by molar-refractivity contribution is 5.90. The summed E-state index contributed by atoms with van der Waals surface area (Å²) in [7, 11) is 0. The van der Waals surface area contributed by atoms with E-state index in [1.54, 1.807) is 0 Å². The second-order valence-electron chi connectivity index (χ2n) is 4.77. The fourth-order valence-electron chi connectivity index (χ4n) is 2.05. The van der Waals surface area contributed by atoms with E-state index in [-0.39, 0.29) is 12.0 Å². The van der Waals surface area contributed by atoms with E-state index in [1.165, 1.54) is 0 Å². The zero-order chi connectivity index (χ0) is 13.5. The van der Waals surface area contributed by atoms with Crippen molar-refractivity contribution in [1.29, 1.82) is 0 Å². The zero-order valence-electron chi connectivity index (χ0n) is 11.4. The Morgan fingerprint density at radius 2 is 2.21 bits per heavy atom. The number of hydrogen-bond acceptors (Lipinski definition) is 3. The number of rotatable bonds is 6.